The summed E-state index contributed by atoms with van der Waals surface area (Å²) in [5.41, 5.74) is 1.31. The first-order valence-corrected chi connectivity index (χ1v) is 9.17. The van der Waals surface area contributed by atoms with Gasteiger partial charge in [0.1, 0.15) is 0 Å². The predicted molar refractivity (Wildman–Crippen MR) is 101 cm³/mol. The topological polar surface area (TPSA) is 47.6 Å². The fourth-order valence-electron chi connectivity index (χ4n) is 2.69. The molecule has 2 rings (SSSR count). The van der Waals surface area contributed by atoms with E-state index < -0.39 is 0 Å². The number of rotatable bonds is 10. The van der Waals surface area contributed by atoms with Crippen molar-refractivity contribution in [2.45, 2.75) is 58.4 Å². The zero-order valence-corrected chi connectivity index (χ0v) is 15.3. The maximum atomic E-state index is 11.4. The molecule has 0 aliphatic carbocycles. The molecule has 1 amide bonds. The van der Waals surface area contributed by atoms with Gasteiger partial charge in [-0.15, -0.1) is 0 Å². The lowest BCUT2D eigenvalue weighted by molar-refractivity contribution is -0.116. The molecule has 4 heteroatoms. The van der Waals surface area contributed by atoms with Crippen LogP contribution in [0.3, 0.4) is 0 Å². The van der Waals surface area contributed by atoms with E-state index in [1.165, 1.54) is 31.2 Å². The number of carbonyl (C=O) groups is 1. The summed E-state index contributed by atoms with van der Waals surface area (Å²) in [6, 6.07) is 6.39. The lowest BCUT2D eigenvalue weighted by Gasteiger charge is -2.03. The van der Waals surface area contributed by atoms with Crippen LogP contribution in [0.2, 0.25) is 0 Å². The van der Waals surface area contributed by atoms with Gasteiger partial charge in [-0.05, 0) is 57.2 Å². The van der Waals surface area contributed by atoms with Gasteiger partial charge in [-0.3, -0.25) is 4.79 Å². The van der Waals surface area contributed by atoms with Crippen LogP contribution in [0, 0.1) is 0 Å². The molecule has 0 saturated heterocycles. The summed E-state index contributed by atoms with van der Waals surface area (Å²) in [5.74, 6) is 1.69. The van der Waals surface area contributed by atoms with E-state index in [1.807, 2.05) is 26.0 Å². The van der Waals surface area contributed by atoms with Crippen LogP contribution in [0.5, 0.6) is 11.5 Å². The Balaban J connectivity index is 1.50. The van der Waals surface area contributed by atoms with Gasteiger partial charge < -0.3 is 14.8 Å². The van der Waals surface area contributed by atoms with Gasteiger partial charge in [-0.1, -0.05) is 37.1 Å². The van der Waals surface area contributed by atoms with E-state index in [0.717, 1.165) is 24.3 Å². The maximum absolute atomic E-state index is 11.4. The molecule has 0 saturated carbocycles. The molecule has 4 nitrogen and oxygen atoms in total. The minimum absolute atomic E-state index is 0.0387. The number of hydrogen-bond acceptors (Lipinski definition) is 3. The van der Waals surface area contributed by atoms with E-state index in [4.69, 9.17) is 9.47 Å². The van der Waals surface area contributed by atoms with Crippen molar-refractivity contribution in [1.29, 1.82) is 0 Å². The number of unbranched alkanes of at least 4 members (excludes halogenated alkanes) is 4. The monoisotopic (exact) mass is 343 g/mol. The van der Waals surface area contributed by atoms with Crippen LogP contribution < -0.4 is 14.8 Å². The first-order chi connectivity index (χ1) is 12.1. The second kappa shape index (κ2) is 10.6. The third-order valence-electron chi connectivity index (χ3n) is 3.95. The molecule has 1 aliphatic rings. The Hall–Kier alpha value is -2.23. The van der Waals surface area contributed by atoms with Crippen molar-refractivity contribution in [3.8, 4) is 11.5 Å². The van der Waals surface area contributed by atoms with E-state index >= 15 is 0 Å². The smallest absolute Gasteiger partial charge is 0.244 e. The first kappa shape index (κ1) is 19.1. The number of aryl methyl sites for hydroxylation is 1. The van der Waals surface area contributed by atoms with Gasteiger partial charge in [0.05, 0.1) is 0 Å². The Kier molecular flexibility index (Phi) is 8.10. The van der Waals surface area contributed by atoms with Gasteiger partial charge in [0, 0.05) is 12.1 Å². The summed E-state index contributed by atoms with van der Waals surface area (Å²) in [7, 11) is 0. The van der Waals surface area contributed by atoms with Crippen molar-refractivity contribution in [1.82, 2.24) is 5.32 Å². The van der Waals surface area contributed by atoms with E-state index in [-0.39, 0.29) is 11.9 Å². The lowest BCUT2D eigenvalue weighted by Crippen LogP contribution is -2.28. The van der Waals surface area contributed by atoms with Crippen LogP contribution in [0.1, 0.15) is 51.5 Å². The zero-order chi connectivity index (χ0) is 17.9. The Morgan fingerprint density at radius 2 is 1.92 bits per heavy atom. The summed E-state index contributed by atoms with van der Waals surface area (Å²) in [4.78, 5) is 11.4. The summed E-state index contributed by atoms with van der Waals surface area (Å²) in [6.07, 6.45) is 14.4. The van der Waals surface area contributed by atoms with Gasteiger partial charge >= 0.3 is 0 Å². The molecular formula is C21H29NO3. The Morgan fingerprint density at radius 3 is 2.76 bits per heavy atom. The van der Waals surface area contributed by atoms with Crippen molar-refractivity contribution in [2.75, 3.05) is 6.79 Å². The number of amides is 1. The molecule has 1 aromatic carbocycles. The molecular weight excluding hydrogens is 314 g/mol. The molecule has 136 valence electrons. The Labute approximate surface area is 150 Å². The van der Waals surface area contributed by atoms with E-state index in [1.54, 1.807) is 12.2 Å². The van der Waals surface area contributed by atoms with Crippen molar-refractivity contribution < 1.29 is 14.3 Å². The number of nitrogens with one attached hydrogen (secondary N) is 1. The first-order valence-electron chi connectivity index (χ1n) is 9.17. The summed E-state index contributed by atoms with van der Waals surface area (Å²) in [5, 5.41) is 2.82. The molecule has 0 spiro atoms. The van der Waals surface area contributed by atoms with Gasteiger partial charge in [0.25, 0.3) is 0 Å². The van der Waals surface area contributed by atoms with Crippen molar-refractivity contribution >= 4 is 5.91 Å². The molecule has 1 aromatic rings. The van der Waals surface area contributed by atoms with Gasteiger partial charge in [-0.2, -0.15) is 0 Å². The average Bonchev–Trinajstić information content (AvgIpc) is 3.03. The largest absolute Gasteiger partial charge is 0.454 e. The number of hydrogen-bond donors (Lipinski definition) is 1. The molecule has 1 heterocycles. The number of ether oxygens (including phenoxy) is 2. The Bertz CT molecular complexity index is 605. The number of carbonyl (C=O) groups excluding carboxylic acids is 1. The highest BCUT2D eigenvalue weighted by Crippen LogP contribution is 2.32. The SMILES string of the molecule is CC(C)NC(=O)/C=C/C=C/CCCCCCc1ccc2c(c1)OCO2. The fourth-order valence-corrected chi connectivity index (χ4v) is 2.69. The standard InChI is InChI=1S/C21H29NO3/c1-17(2)22-21(23)12-10-8-6-4-3-5-7-9-11-18-13-14-19-20(15-18)25-16-24-19/h6,8,10,12-15,17H,3-5,7,9,11,16H2,1-2H3,(H,22,23)/b8-6+,12-10+. The molecule has 0 aromatic heterocycles. The highest BCUT2D eigenvalue weighted by molar-refractivity contribution is 5.87. The van der Waals surface area contributed by atoms with Crippen LogP contribution in [0.25, 0.3) is 0 Å². The minimum atomic E-state index is -0.0387. The Morgan fingerprint density at radius 1 is 1.12 bits per heavy atom. The molecule has 1 aliphatic heterocycles. The number of allylic oxidation sites excluding steroid dienone is 3. The second-order valence-electron chi connectivity index (χ2n) is 6.59. The van der Waals surface area contributed by atoms with Crippen LogP contribution >= 0.6 is 0 Å². The molecule has 0 atom stereocenters. The number of fused-ring (bicyclic) bond motifs is 1. The van der Waals surface area contributed by atoms with Crippen LogP contribution in [0.15, 0.2) is 42.5 Å². The van der Waals surface area contributed by atoms with Crippen molar-refractivity contribution in [2.24, 2.45) is 0 Å². The fraction of sp³-hybridized carbons (Fsp3) is 0.476. The molecule has 0 bridgehead atoms. The summed E-state index contributed by atoms with van der Waals surface area (Å²) < 4.78 is 10.7. The summed E-state index contributed by atoms with van der Waals surface area (Å²) in [6.45, 7) is 4.24. The maximum Gasteiger partial charge on any atom is 0.244 e. The number of benzene rings is 1. The van der Waals surface area contributed by atoms with Gasteiger partial charge in [0.2, 0.25) is 12.7 Å². The molecule has 1 N–H and O–H groups in total. The molecule has 25 heavy (non-hydrogen) atoms. The van der Waals surface area contributed by atoms with Gasteiger partial charge in [0.15, 0.2) is 11.5 Å². The molecule has 0 fully saturated rings. The van der Waals surface area contributed by atoms with Crippen LogP contribution in [-0.4, -0.2) is 18.7 Å². The van der Waals surface area contributed by atoms with E-state index in [2.05, 4.69) is 23.5 Å². The van der Waals surface area contributed by atoms with Gasteiger partial charge in [-0.25, -0.2) is 0 Å². The highest BCUT2D eigenvalue weighted by atomic mass is 16.7. The van der Waals surface area contributed by atoms with Crippen molar-refractivity contribution in [3.63, 3.8) is 0 Å². The quantitative estimate of drug-likeness (QED) is 0.385. The minimum Gasteiger partial charge on any atom is -0.454 e. The average molecular weight is 343 g/mol. The zero-order valence-electron chi connectivity index (χ0n) is 15.3. The van der Waals surface area contributed by atoms with Crippen molar-refractivity contribution in [3.05, 3.63) is 48.1 Å². The molecule has 0 unspecified atom stereocenters. The highest BCUT2D eigenvalue weighted by Gasteiger charge is 2.12. The third-order valence-corrected chi connectivity index (χ3v) is 3.95. The van der Waals surface area contributed by atoms with E-state index in [9.17, 15) is 4.79 Å². The van der Waals surface area contributed by atoms with E-state index in [0.29, 0.717) is 6.79 Å². The lowest BCUT2D eigenvalue weighted by atomic mass is 10.0. The third kappa shape index (κ3) is 7.46. The second-order valence-corrected chi connectivity index (χ2v) is 6.59. The van der Waals surface area contributed by atoms with Crippen LogP contribution in [0.4, 0.5) is 0 Å². The molecule has 0 radical (unpaired) electrons. The normalized spacial score (nSPS) is 13.2. The predicted octanol–water partition coefficient (Wildman–Crippen LogP) is 4.55. The van der Waals surface area contributed by atoms with Crippen LogP contribution in [-0.2, 0) is 11.2 Å². The summed E-state index contributed by atoms with van der Waals surface area (Å²) >= 11 is 0.